The Labute approximate surface area is 74.4 Å². The summed E-state index contributed by atoms with van der Waals surface area (Å²) >= 11 is 0. The fourth-order valence-corrected chi connectivity index (χ4v) is 3.47. The highest BCUT2D eigenvalue weighted by Gasteiger charge is 2.42. The highest BCUT2D eigenvalue weighted by atomic mass is 14.5. The molecule has 0 aromatic carbocycles. The second kappa shape index (κ2) is 2.48. The predicted octanol–water partition coefficient (Wildman–Crippen LogP) is 3.16. The van der Waals surface area contributed by atoms with E-state index < -0.39 is 0 Å². The third kappa shape index (κ3) is 0.840. The quantitative estimate of drug-likeness (QED) is 0.477. The lowest BCUT2D eigenvalue weighted by Gasteiger charge is -2.24. The van der Waals surface area contributed by atoms with Crippen LogP contribution in [0.5, 0.6) is 0 Å². The monoisotopic (exact) mass is 160 g/mol. The first-order valence-corrected chi connectivity index (χ1v) is 5.28. The standard InChI is InChI=1S/C12H16/c1-2-7-12-10-5-3-4-9(8-10)11(12)6-1/h1,3,5-6,9-12H,2,4,7-8H2. The van der Waals surface area contributed by atoms with Gasteiger partial charge in [-0.2, -0.15) is 0 Å². The van der Waals surface area contributed by atoms with E-state index in [1.54, 1.807) is 0 Å². The first kappa shape index (κ1) is 6.94. The molecule has 0 heteroatoms. The average molecular weight is 160 g/mol. The lowest BCUT2D eigenvalue weighted by Crippen LogP contribution is -2.16. The van der Waals surface area contributed by atoms with Gasteiger partial charge in [0.2, 0.25) is 0 Å². The van der Waals surface area contributed by atoms with Crippen LogP contribution in [0, 0.1) is 23.7 Å². The van der Waals surface area contributed by atoms with E-state index in [4.69, 9.17) is 0 Å². The van der Waals surface area contributed by atoms with Crippen LogP contribution in [-0.4, -0.2) is 0 Å². The number of rotatable bonds is 0. The summed E-state index contributed by atoms with van der Waals surface area (Å²) in [5, 5.41) is 0. The van der Waals surface area contributed by atoms with Crippen molar-refractivity contribution in [3.63, 3.8) is 0 Å². The normalized spacial score (nSPS) is 49.3. The van der Waals surface area contributed by atoms with Crippen molar-refractivity contribution in [1.82, 2.24) is 0 Å². The maximum absolute atomic E-state index is 2.51. The van der Waals surface area contributed by atoms with Crippen molar-refractivity contribution in [3.8, 4) is 0 Å². The maximum atomic E-state index is 2.51. The van der Waals surface area contributed by atoms with Crippen molar-refractivity contribution >= 4 is 0 Å². The molecule has 3 aliphatic rings. The molecule has 3 rings (SSSR count). The van der Waals surface area contributed by atoms with Gasteiger partial charge in [0.15, 0.2) is 0 Å². The minimum absolute atomic E-state index is 0.943. The molecule has 12 heavy (non-hydrogen) atoms. The number of allylic oxidation sites excluding steroid dienone is 4. The van der Waals surface area contributed by atoms with Crippen molar-refractivity contribution in [3.05, 3.63) is 24.3 Å². The van der Waals surface area contributed by atoms with E-state index in [2.05, 4.69) is 24.3 Å². The van der Waals surface area contributed by atoms with Gasteiger partial charge in [-0.3, -0.25) is 0 Å². The molecule has 4 unspecified atom stereocenters. The average Bonchev–Trinajstić information content (AvgIpc) is 2.41. The minimum atomic E-state index is 0.943. The van der Waals surface area contributed by atoms with E-state index in [9.17, 15) is 0 Å². The SMILES string of the molecule is C1=CC2C3CC=CC(C3)C2CC1. The van der Waals surface area contributed by atoms with Crippen LogP contribution in [0.2, 0.25) is 0 Å². The molecule has 0 radical (unpaired) electrons. The maximum Gasteiger partial charge on any atom is -0.0168 e. The summed E-state index contributed by atoms with van der Waals surface area (Å²) in [6, 6.07) is 0. The van der Waals surface area contributed by atoms with Gasteiger partial charge in [-0.25, -0.2) is 0 Å². The van der Waals surface area contributed by atoms with Crippen LogP contribution in [0.25, 0.3) is 0 Å². The summed E-state index contributed by atoms with van der Waals surface area (Å²) in [7, 11) is 0. The lowest BCUT2D eigenvalue weighted by molar-refractivity contribution is 0.337. The number of hydrogen-bond donors (Lipinski definition) is 0. The first-order valence-electron chi connectivity index (χ1n) is 5.28. The molecule has 0 spiro atoms. The molecule has 0 heterocycles. The van der Waals surface area contributed by atoms with Crippen molar-refractivity contribution < 1.29 is 0 Å². The van der Waals surface area contributed by atoms with Gasteiger partial charge in [0.1, 0.15) is 0 Å². The summed E-state index contributed by atoms with van der Waals surface area (Å²) < 4.78 is 0. The van der Waals surface area contributed by atoms with Crippen molar-refractivity contribution in [1.29, 1.82) is 0 Å². The summed E-state index contributed by atoms with van der Waals surface area (Å²) in [6.07, 6.45) is 15.4. The van der Waals surface area contributed by atoms with Crippen molar-refractivity contribution in [2.45, 2.75) is 25.7 Å². The summed E-state index contributed by atoms with van der Waals surface area (Å²) in [5.41, 5.74) is 0. The van der Waals surface area contributed by atoms with Crippen LogP contribution in [-0.2, 0) is 0 Å². The third-order valence-corrected chi connectivity index (χ3v) is 4.01. The zero-order chi connectivity index (χ0) is 7.97. The fourth-order valence-electron chi connectivity index (χ4n) is 3.47. The highest BCUT2D eigenvalue weighted by molar-refractivity contribution is 5.14. The Hall–Kier alpha value is -0.520. The van der Waals surface area contributed by atoms with Gasteiger partial charge in [0, 0.05) is 0 Å². The van der Waals surface area contributed by atoms with E-state index >= 15 is 0 Å². The van der Waals surface area contributed by atoms with Gasteiger partial charge in [0.05, 0.1) is 0 Å². The Morgan fingerprint density at radius 1 is 1.08 bits per heavy atom. The van der Waals surface area contributed by atoms with Crippen molar-refractivity contribution in [2.24, 2.45) is 23.7 Å². The van der Waals surface area contributed by atoms with E-state index in [0.717, 1.165) is 23.7 Å². The predicted molar refractivity (Wildman–Crippen MR) is 50.7 cm³/mol. The van der Waals surface area contributed by atoms with Gasteiger partial charge >= 0.3 is 0 Å². The van der Waals surface area contributed by atoms with Gasteiger partial charge < -0.3 is 0 Å². The topological polar surface area (TPSA) is 0 Å². The molecule has 2 bridgehead atoms. The molecular formula is C12H16. The van der Waals surface area contributed by atoms with Crippen LogP contribution in [0.4, 0.5) is 0 Å². The molecule has 0 aromatic heterocycles. The molecule has 0 aromatic rings. The van der Waals surface area contributed by atoms with E-state index in [1.165, 1.54) is 25.7 Å². The third-order valence-electron chi connectivity index (χ3n) is 4.01. The highest BCUT2D eigenvalue weighted by Crippen LogP contribution is 2.50. The van der Waals surface area contributed by atoms with Crippen LogP contribution in [0.1, 0.15) is 25.7 Å². The molecule has 4 atom stereocenters. The van der Waals surface area contributed by atoms with Crippen LogP contribution < -0.4 is 0 Å². The zero-order valence-electron chi connectivity index (χ0n) is 7.45. The second-order valence-electron chi connectivity index (χ2n) is 4.57. The van der Waals surface area contributed by atoms with Crippen molar-refractivity contribution in [2.75, 3.05) is 0 Å². The Morgan fingerprint density at radius 2 is 2.08 bits per heavy atom. The molecule has 1 saturated carbocycles. The van der Waals surface area contributed by atoms with Gasteiger partial charge in [-0.1, -0.05) is 24.3 Å². The molecule has 1 fully saturated rings. The largest absolute Gasteiger partial charge is 0.0882 e. The van der Waals surface area contributed by atoms with Crippen LogP contribution >= 0.6 is 0 Å². The molecule has 0 saturated heterocycles. The van der Waals surface area contributed by atoms with Crippen LogP contribution in [0.3, 0.4) is 0 Å². The second-order valence-corrected chi connectivity index (χ2v) is 4.57. The van der Waals surface area contributed by atoms with Crippen LogP contribution in [0.15, 0.2) is 24.3 Å². The fraction of sp³-hybridized carbons (Fsp3) is 0.667. The Balaban J connectivity index is 1.96. The Kier molecular flexibility index (Phi) is 1.44. The summed E-state index contributed by atoms with van der Waals surface area (Å²) in [6.45, 7) is 0. The summed E-state index contributed by atoms with van der Waals surface area (Å²) in [5.74, 6) is 3.90. The molecule has 64 valence electrons. The Morgan fingerprint density at radius 3 is 3.08 bits per heavy atom. The zero-order valence-corrected chi connectivity index (χ0v) is 7.45. The molecule has 0 amide bonds. The smallest absolute Gasteiger partial charge is 0.0168 e. The molecule has 0 N–H and O–H groups in total. The molecular weight excluding hydrogens is 144 g/mol. The molecule has 0 aliphatic heterocycles. The molecule has 0 nitrogen and oxygen atoms in total. The number of fused-ring (bicyclic) bond motifs is 5. The van der Waals surface area contributed by atoms with Gasteiger partial charge in [-0.15, -0.1) is 0 Å². The minimum Gasteiger partial charge on any atom is -0.0882 e. The van der Waals surface area contributed by atoms with E-state index in [0.29, 0.717) is 0 Å². The van der Waals surface area contributed by atoms with E-state index in [-0.39, 0.29) is 0 Å². The van der Waals surface area contributed by atoms with E-state index in [1.807, 2.05) is 0 Å². The Bertz CT molecular complexity index is 236. The number of hydrogen-bond acceptors (Lipinski definition) is 0. The lowest BCUT2D eigenvalue weighted by atomic mass is 9.81. The first-order chi connectivity index (χ1) is 5.95. The van der Waals surface area contributed by atoms with Gasteiger partial charge in [0.25, 0.3) is 0 Å². The summed E-state index contributed by atoms with van der Waals surface area (Å²) in [4.78, 5) is 0. The molecule has 3 aliphatic carbocycles. The van der Waals surface area contributed by atoms with Gasteiger partial charge in [-0.05, 0) is 49.4 Å².